The standard InChI is InChI=1S/C23H30FN3O4S/c1-17-7-9-19(10-8-17)16-26(18(2)23(29)25-3)22(28)6-5-15-27(32(4,30)31)21-13-11-20(24)12-14-21/h7-14,18H,5-6,15-16H2,1-4H3,(H,25,29)/t18-/m1/s1. The van der Waals surface area contributed by atoms with Crippen LogP contribution in [0.15, 0.2) is 48.5 Å². The number of amides is 2. The Hall–Kier alpha value is -2.94. The molecule has 2 amide bonds. The largest absolute Gasteiger partial charge is 0.357 e. The number of benzene rings is 2. The van der Waals surface area contributed by atoms with Crippen molar-refractivity contribution in [3.63, 3.8) is 0 Å². The maximum absolute atomic E-state index is 13.2. The van der Waals surface area contributed by atoms with Crippen LogP contribution in [0.1, 0.15) is 30.9 Å². The van der Waals surface area contributed by atoms with Crippen molar-refractivity contribution in [3.8, 4) is 0 Å². The van der Waals surface area contributed by atoms with Gasteiger partial charge >= 0.3 is 0 Å². The molecule has 0 aromatic heterocycles. The van der Waals surface area contributed by atoms with E-state index in [-0.39, 0.29) is 37.7 Å². The fourth-order valence-corrected chi connectivity index (χ4v) is 4.26. The predicted molar refractivity (Wildman–Crippen MR) is 123 cm³/mol. The van der Waals surface area contributed by atoms with E-state index in [9.17, 15) is 22.4 Å². The average molecular weight is 464 g/mol. The highest BCUT2D eigenvalue weighted by atomic mass is 32.2. The first-order valence-electron chi connectivity index (χ1n) is 10.3. The van der Waals surface area contributed by atoms with Crippen LogP contribution in [-0.4, -0.2) is 51.0 Å². The van der Waals surface area contributed by atoms with E-state index in [4.69, 9.17) is 0 Å². The summed E-state index contributed by atoms with van der Waals surface area (Å²) in [4.78, 5) is 26.7. The topological polar surface area (TPSA) is 86.8 Å². The molecule has 0 bridgehead atoms. The first-order valence-corrected chi connectivity index (χ1v) is 12.2. The van der Waals surface area contributed by atoms with Crippen LogP contribution in [0.5, 0.6) is 0 Å². The summed E-state index contributed by atoms with van der Waals surface area (Å²) in [6, 6.07) is 12.2. The maximum Gasteiger partial charge on any atom is 0.242 e. The molecule has 7 nitrogen and oxygen atoms in total. The average Bonchev–Trinajstić information content (AvgIpc) is 2.75. The molecule has 0 spiro atoms. The summed E-state index contributed by atoms with van der Waals surface area (Å²) in [7, 11) is -2.10. The molecule has 0 aliphatic rings. The SMILES string of the molecule is CNC(=O)[C@@H](C)N(Cc1ccc(C)cc1)C(=O)CCCN(c1ccc(F)cc1)S(C)(=O)=O. The Labute approximate surface area is 189 Å². The van der Waals surface area contributed by atoms with Gasteiger partial charge in [0.15, 0.2) is 0 Å². The van der Waals surface area contributed by atoms with Crippen LogP contribution in [0.25, 0.3) is 0 Å². The van der Waals surface area contributed by atoms with Crippen LogP contribution in [0.2, 0.25) is 0 Å². The second kappa shape index (κ2) is 11.1. The molecule has 0 radical (unpaired) electrons. The molecule has 2 rings (SSSR count). The molecule has 0 unspecified atom stereocenters. The van der Waals surface area contributed by atoms with E-state index in [1.54, 1.807) is 6.92 Å². The minimum atomic E-state index is -3.61. The zero-order valence-corrected chi connectivity index (χ0v) is 19.7. The summed E-state index contributed by atoms with van der Waals surface area (Å²) in [5.74, 6) is -1.00. The summed E-state index contributed by atoms with van der Waals surface area (Å²) in [5, 5.41) is 2.56. The molecule has 0 saturated carbocycles. The number of sulfonamides is 1. The van der Waals surface area contributed by atoms with Crippen molar-refractivity contribution < 1.29 is 22.4 Å². The van der Waals surface area contributed by atoms with Gasteiger partial charge in [-0.05, 0) is 50.1 Å². The Morgan fingerprint density at radius 1 is 1.06 bits per heavy atom. The van der Waals surface area contributed by atoms with E-state index in [1.807, 2.05) is 31.2 Å². The first-order chi connectivity index (χ1) is 15.0. The van der Waals surface area contributed by atoms with Crippen molar-refractivity contribution in [2.75, 3.05) is 24.2 Å². The highest BCUT2D eigenvalue weighted by Gasteiger charge is 2.26. The molecule has 0 aliphatic carbocycles. The van der Waals surface area contributed by atoms with Crippen molar-refractivity contribution in [3.05, 3.63) is 65.5 Å². The summed E-state index contributed by atoms with van der Waals surface area (Å²) in [5.41, 5.74) is 2.31. The Balaban J connectivity index is 2.12. The van der Waals surface area contributed by atoms with Gasteiger partial charge < -0.3 is 10.2 Å². The molecular formula is C23H30FN3O4S. The van der Waals surface area contributed by atoms with Crippen molar-refractivity contribution in [1.29, 1.82) is 0 Å². The number of carbonyl (C=O) groups is 2. The normalized spacial score (nSPS) is 12.2. The van der Waals surface area contributed by atoms with Gasteiger partial charge in [-0.2, -0.15) is 0 Å². The number of halogens is 1. The molecule has 1 atom stereocenters. The van der Waals surface area contributed by atoms with E-state index in [0.717, 1.165) is 21.7 Å². The van der Waals surface area contributed by atoms with Crippen molar-refractivity contribution >= 4 is 27.5 Å². The molecule has 2 aromatic rings. The molecule has 1 N–H and O–H groups in total. The quantitative estimate of drug-likeness (QED) is 0.587. The Morgan fingerprint density at radius 3 is 2.19 bits per heavy atom. The third-order valence-electron chi connectivity index (χ3n) is 5.15. The van der Waals surface area contributed by atoms with Crippen LogP contribution < -0.4 is 9.62 Å². The second-order valence-corrected chi connectivity index (χ2v) is 9.62. The maximum atomic E-state index is 13.2. The van der Waals surface area contributed by atoms with Crippen LogP contribution in [-0.2, 0) is 26.2 Å². The fourth-order valence-electron chi connectivity index (χ4n) is 3.29. The van der Waals surface area contributed by atoms with Crippen molar-refractivity contribution in [2.24, 2.45) is 0 Å². The van der Waals surface area contributed by atoms with Crippen LogP contribution >= 0.6 is 0 Å². The van der Waals surface area contributed by atoms with Crippen molar-refractivity contribution in [1.82, 2.24) is 10.2 Å². The molecular weight excluding hydrogens is 433 g/mol. The Bertz CT molecular complexity index is 1020. The van der Waals surface area contributed by atoms with E-state index >= 15 is 0 Å². The molecule has 2 aromatic carbocycles. The molecule has 32 heavy (non-hydrogen) atoms. The third-order valence-corrected chi connectivity index (χ3v) is 6.35. The van der Waals surface area contributed by atoms with Gasteiger partial charge in [0.25, 0.3) is 0 Å². The van der Waals surface area contributed by atoms with Crippen LogP contribution in [0.3, 0.4) is 0 Å². The molecule has 0 aliphatic heterocycles. The van der Waals surface area contributed by atoms with E-state index < -0.39 is 21.9 Å². The predicted octanol–water partition coefficient (Wildman–Crippen LogP) is 2.84. The van der Waals surface area contributed by atoms with E-state index in [0.29, 0.717) is 5.69 Å². The lowest BCUT2D eigenvalue weighted by molar-refractivity contribution is -0.140. The molecule has 174 valence electrons. The highest BCUT2D eigenvalue weighted by Crippen LogP contribution is 2.19. The number of hydrogen-bond donors (Lipinski definition) is 1. The van der Waals surface area contributed by atoms with Gasteiger partial charge in [0, 0.05) is 26.6 Å². The number of nitrogens with zero attached hydrogens (tertiary/aromatic N) is 2. The number of rotatable bonds is 10. The van der Waals surface area contributed by atoms with Gasteiger partial charge in [0.1, 0.15) is 11.9 Å². The van der Waals surface area contributed by atoms with Gasteiger partial charge in [0.2, 0.25) is 21.8 Å². The first kappa shape index (κ1) is 25.3. The lowest BCUT2D eigenvalue weighted by atomic mass is 10.1. The zero-order chi connectivity index (χ0) is 23.9. The van der Waals surface area contributed by atoms with Gasteiger partial charge in [-0.25, -0.2) is 12.8 Å². The number of likely N-dealkylation sites (N-methyl/N-ethyl adjacent to an activating group) is 1. The van der Waals surface area contributed by atoms with Crippen LogP contribution in [0.4, 0.5) is 10.1 Å². The lowest BCUT2D eigenvalue weighted by Gasteiger charge is -2.29. The molecule has 9 heteroatoms. The Kier molecular flexibility index (Phi) is 8.77. The van der Waals surface area contributed by atoms with Crippen molar-refractivity contribution in [2.45, 2.75) is 39.3 Å². The van der Waals surface area contributed by atoms with Crippen LogP contribution in [0, 0.1) is 12.7 Å². The van der Waals surface area contributed by atoms with Gasteiger partial charge in [-0.15, -0.1) is 0 Å². The summed E-state index contributed by atoms with van der Waals surface area (Å²) < 4.78 is 38.8. The summed E-state index contributed by atoms with van der Waals surface area (Å²) in [6.45, 7) is 3.95. The Morgan fingerprint density at radius 2 is 1.66 bits per heavy atom. The smallest absolute Gasteiger partial charge is 0.242 e. The highest BCUT2D eigenvalue weighted by molar-refractivity contribution is 7.92. The number of hydrogen-bond acceptors (Lipinski definition) is 4. The summed E-state index contributed by atoms with van der Waals surface area (Å²) >= 11 is 0. The fraction of sp³-hybridized carbons (Fsp3) is 0.391. The second-order valence-electron chi connectivity index (χ2n) is 7.71. The zero-order valence-electron chi connectivity index (χ0n) is 18.8. The van der Waals surface area contributed by atoms with E-state index in [1.165, 1.54) is 36.2 Å². The minimum absolute atomic E-state index is 0.0560. The molecule has 0 saturated heterocycles. The molecule has 0 heterocycles. The molecule has 0 fully saturated rings. The number of carbonyl (C=O) groups excluding carboxylic acids is 2. The van der Waals surface area contributed by atoms with Gasteiger partial charge in [-0.1, -0.05) is 29.8 Å². The monoisotopic (exact) mass is 463 g/mol. The number of aryl methyl sites for hydroxylation is 1. The third kappa shape index (κ3) is 7.05. The lowest BCUT2D eigenvalue weighted by Crippen LogP contribution is -2.46. The summed E-state index contributed by atoms with van der Waals surface area (Å²) in [6.07, 6.45) is 1.37. The van der Waals surface area contributed by atoms with E-state index in [2.05, 4.69) is 5.32 Å². The minimum Gasteiger partial charge on any atom is -0.357 e. The number of nitrogens with one attached hydrogen (secondary N) is 1. The number of anilines is 1. The van der Waals surface area contributed by atoms with Gasteiger partial charge in [0.05, 0.1) is 11.9 Å². The van der Waals surface area contributed by atoms with Gasteiger partial charge in [-0.3, -0.25) is 13.9 Å².